The Morgan fingerprint density at radius 3 is 2.76 bits per heavy atom. The van der Waals surface area contributed by atoms with Crippen LogP contribution in [0.2, 0.25) is 0 Å². The zero-order valence-electron chi connectivity index (χ0n) is 11.5. The van der Waals surface area contributed by atoms with Gasteiger partial charge in [0.25, 0.3) is 0 Å². The number of nitrogens with zero attached hydrogens (tertiary/aromatic N) is 1. The Balaban J connectivity index is 1.83. The van der Waals surface area contributed by atoms with E-state index in [9.17, 15) is 4.79 Å². The molecule has 0 fully saturated rings. The SMILES string of the molecule is CN1c2ccccc2Sc2cc(CCOC(=O)Cl)ccc21. The summed E-state index contributed by atoms with van der Waals surface area (Å²) < 4.78 is 4.78. The van der Waals surface area contributed by atoms with Crippen molar-refractivity contribution in [1.29, 1.82) is 0 Å². The van der Waals surface area contributed by atoms with E-state index in [4.69, 9.17) is 16.3 Å². The lowest BCUT2D eigenvalue weighted by Crippen LogP contribution is -2.14. The minimum Gasteiger partial charge on any atom is -0.453 e. The Kier molecular flexibility index (Phi) is 4.08. The smallest absolute Gasteiger partial charge is 0.403 e. The molecule has 108 valence electrons. The van der Waals surface area contributed by atoms with Gasteiger partial charge in [0.2, 0.25) is 0 Å². The van der Waals surface area contributed by atoms with E-state index in [0.29, 0.717) is 13.0 Å². The van der Waals surface area contributed by atoms with Crippen LogP contribution in [0.15, 0.2) is 52.3 Å². The lowest BCUT2D eigenvalue weighted by Gasteiger charge is -2.29. The van der Waals surface area contributed by atoms with Crippen LogP contribution < -0.4 is 4.90 Å². The monoisotopic (exact) mass is 319 g/mol. The highest BCUT2D eigenvalue weighted by molar-refractivity contribution is 7.99. The van der Waals surface area contributed by atoms with Gasteiger partial charge in [0.1, 0.15) is 0 Å². The van der Waals surface area contributed by atoms with Gasteiger partial charge in [0.05, 0.1) is 18.0 Å². The molecule has 0 radical (unpaired) electrons. The van der Waals surface area contributed by atoms with Crippen LogP contribution in [0.1, 0.15) is 5.56 Å². The molecule has 0 amide bonds. The second-order valence-electron chi connectivity index (χ2n) is 4.77. The van der Waals surface area contributed by atoms with Crippen LogP contribution in [0.5, 0.6) is 0 Å². The van der Waals surface area contributed by atoms with Gasteiger partial charge in [0.15, 0.2) is 0 Å². The lowest BCUT2D eigenvalue weighted by molar-refractivity contribution is 0.175. The summed E-state index contributed by atoms with van der Waals surface area (Å²) in [6.07, 6.45) is 0.664. The van der Waals surface area contributed by atoms with Gasteiger partial charge in [-0.25, -0.2) is 4.79 Å². The Hall–Kier alpha value is -1.65. The third-order valence-corrected chi connectivity index (χ3v) is 4.66. The summed E-state index contributed by atoms with van der Waals surface area (Å²) >= 11 is 6.93. The minimum absolute atomic E-state index is 0.304. The fraction of sp³-hybridized carbons (Fsp3) is 0.188. The summed E-state index contributed by atoms with van der Waals surface area (Å²) in [6.45, 7) is 0.304. The summed E-state index contributed by atoms with van der Waals surface area (Å²) in [4.78, 5) is 15.2. The number of anilines is 2. The maximum absolute atomic E-state index is 10.6. The van der Waals surface area contributed by atoms with Gasteiger partial charge < -0.3 is 9.64 Å². The molecule has 0 aromatic heterocycles. The number of rotatable bonds is 3. The third kappa shape index (κ3) is 3.01. The van der Waals surface area contributed by atoms with E-state index in [1.165, 1.54) is 21.2 Å². The molecule has 5 heteroatoms. The number of para-hydroxylation sites is 1. The van der Waals surface area contributed by atoms with Gasteiger partial charge in [0, 0.05) is 34.9 Å². The van der Waals surface area contributed by atoms with Crippen molar-refractivity contribution in [2.75, 3.05) is 18.6 Å². The predicted octanol–water partition coefficient (Wildman–Crippen LogP) is 4.84. The minimum atomic E-state index is -0.754. The van der Waals surface area contributed by atoms with Crippen LogP contribution >= 0.6 is 23.4 Å². The summed E-state index contributed by atoms with van der Waals surface area (Å²) in [7, 11) is 2.08. The Labute approximate surface area is 132 Å². The standard InChI is InChI=1S/C16H14ClNO2S/c1-18-12-4-2-3-5-14(12)21-15-10-11(6-7-13(15)18)8-9-20-16(17)19/h2-7,10H,8-9H2,1H3. The number of fused-ring (bicyclic) bond motifs is 2. The van der Waals surface area contributed by atoms with Crippen molar-refractivity contribution in [2.24, 2.45) is 0 Å². The molecule has 1 aliphatic rings. The first-order valence-corrected chi connectivity index (χ1v) is 7.80. The summed E-state index contributed by atoms with van der Waals surface area (Å²) in [5, 5.41) is 0. The molecular formula is C16H14ClNO2S. The largest absolute Gasteiger partial charge is 0.453 e. The average Bonchev–Trinajstić information content (AvgIpc) is 2.47. The van der Waals surface area contributed by atoms with Gasteiger partial charge in [-0.1, -0.05) is 30.0 Å². The molecular weight excluding hydrogens is 306 g/mol. The van der Waals surface area contributed by atoms with Crippen molar-refractivity contribution < 1.29 is 9.53 Å². The summed E-state index contributed by atoms with van der Waals surface area (Å²) in [6, 6.07) is 14.7. The number of ether oxygens (including phenoxy) is 1. The number of carbonyl (C=O) groups excluding carboxylic acids is 1. The van der Waals surface area contributed by atoms with E-state index in [1.54, 1.807) is 11.8 Å². The van der Waals surface area contributed by atoms with Gasteiger partial charge >= 0.3 is 5.43 Å². The zero-order valence-corrected chi connectivity index (χ0v) is 13.1. The number of carbonyl (C=O) groups is 1. The highest BCUT2D eigenvalue weighted by Crippen LogP contribution is 2.47. The second-order valence-corrected chi connectivity index (χ2v) is 6.16. The van der Waals surface area contributed by atoms with Crippen molar-refractivity contribution >= 4 is 40.2 Å². The van der Waals surface area contributed by atoms with E-state index >= 15 is 0 Å². The molecule has 0 atom stereocenters. The van der Waals surface area contributed by atoms with E-state index in [1.807, 2.05) is 0 Å². The normalized spacial score (nSPS) is 12.6. The zero-order chi connectivity index (χ0) is 14.8. The summed E-state index contributed by atoms with van der Waals surface area (Å²) in [5.74, 6) is 0. The first-order valence-electron chi connectivity index (χ1n) is 6.61. The third-order valence-electron chi connectivity index (χ3n) is 3.44. The molecule has 0 bridgehead atoms. The fourth-order valence-electron chi connectivity index (χ4n) is 2.39. The second kappa shape index (κ2) is 6.00. The lowest BCUT2D eigenvalue weighted by atomic mass is 10.1. The number of hydrogen-bond acceptors (Lipinski definition) is 4. The van der Waals surface area contributed by atoms with Crippen LogP contribution in [0.25, 0.3) is 0 Å². The first kappa shape index (κ1) is 14.3. The Morgan fingerprint density at radius 1 is 1.19 bits per heavy atom. The molecule has 0 spiro atoms. The quantitative estimate of drug-likeness (QED) is 0.757. The molecule has 1 heterocycles. The molecule has 0 unspecified atom stereocenters. The molecule has 0 N–H and O–H groups in total. The Bertz CT molecular complexity index is 690. The molecule has 3 nitrogen and oxygen atoms in total. The molecule has 1 aliphatic heterocycles. The molecule has 0 saturated carbocycles. The Morgan fingerprint density at radius 2 is 1.95 bits per heavy atom. The maximum atomic E-state index is 10.6. The van der Waals surface area contributed by atoms with Crippen LogP contribution in [-0.2, 0) is 11.2 Å². The first-order chi connectivity index (χ1) is 10.1. The fourth-order valence-corrected chi connectivity index (χ4v) is 3.68. The highest BCUT2D eigenvalue weighted by atomic mass is 35.5. The molecule has 2 aromatic rings. The van der Waals surface area contributed by atoms with Gasteiger partial charge in [-0.05, 0) is 29.8 Å². The summed E-state index contributed by atoms with van der Waals surface area (Å²) in [5.41, 5.74) is 2.79. The number of halogens is 1. The molecule has 0 saturated heterocycles. The molecule has 2 aromatic carbocycles. The van der Waals surface area contributed by atoms with E-state index in [-0.39, 0.29) is 0 Å². The predicted molar refractivity (Wildman–Crippen MR) is 86.0 cm³/mol. The average molecular weight is 320 g/mol. The van der Waals surface area contributed by atoms with E-state index < -0.39 is 5.43 Å². The van der Waals surface area contributed by atoms with Crippen LogP contribution in [-0.4, -0.2) is 19.1 Å². The molecule has 21 heavy (non-hydrogen) atoms. The topological polar surface area (TPSA) is 29.5 Å². The molecule has 0 aliphatic carbocycles. The van der Waals surface area contributed by atoms with Gasteiger partial charge in [-0.3, -0.25) is 0 Å². The van der Waals surface area contributed by atoms with Gasteiger partial charge in [-0.2, -0.15) is 0 Å². The van der Waals surface area contributed by atoms with Gasteiger partial charge in [-0.15, -0.1) is 0 Å². The van der Waals surface area contributed by atoms with Crippen LogP contribution in [0, 0.1) is 0 Å². The van der Waals surface area contributed by atoms with E-state index in [0.717, 1.165) is 5.56 Å². The molecule has 3 rings (SSSR count). The van der Waals surface area contributed by atoms with E-state index in [2.05, 4.69) is 54.4 Å². The van der Waals surface area contributed by atoms with Crippen molar-refractivity contribution in [3.05, 3.63) is 48.0 Å². The van der Waals surface area contributed by atoms with Crippen molar-refractivity contribution in [1.82, 2.24) is 0 Å². The van der Waals surface area contributed by atoms with Crippen LogP contribution in [0.3, 0.4) is 0 Å². The number of benzene rings is 2. The highest BCUT2D eigenvalue weighted by Gasteiger charge is 2.20. The maximum Gasteiger partial charge on any atom is 0.403 e. The van der Waals surface area contributed by atoms with Crippen LogP contribution in [0.4, 0.5) is 16.2 Å². The van der Waals surface area contributed by atoms with Crippen molar-refractivity contribution in [2.45, 2.75) is 16.2 Å². The number of hydrogen-bond donors (Lipinski definition) is 0. The van der Waals surface area contributed by atoms with Crippen molar-refractivity contribution in [3.8, 4) is 0 Å². The van der Waals surface area contributed by atoms with Crippen molar-refractivity contribution in [3.63, 3.8) is 0 Å².